The van der Waals surface area contributed by atoms with Gasteiger partial charge in [-0.2, -0.15) is 5.26 Å². The lowest BCUT2D eigenvalue weighted by molar-refractivity contribution is -0.154. The SMILES string of the molecule is N#CC1(C(=O)C2CCOCC2)COC1. The van der Waals surface area contributed by atoms with E-state index in [1.165, 1.54) is 0 Å². The van der Waals surface area contributed by atoms with Crippen molar-refractivity contribution in [1.29, 1.82) is 5.26 Å². The number of Topliss-reactive ketones (excluding diaryl/α,β-unsaturated/α-hetero) is 1. The van der Waals surface area contributed by atoms with Crippen LogP contribution >= 0.6 is 0 Å². The number of nitriles is 1. The van der Waals surface area contributed by atoms with Crippen molar-refractivity contribution in [2.75, 3.05) is 26.4 Å². The molecular weight excluding hydrogens is 182 g/mol. The molecule has 4 nitrogen and oxygen atoms in total. The third-order valence-electron chi connectivity index (χ3n) is 2.97. The molecule has 4 heteroatoms. The Labute approximate surface area is 82.8 Å². The van der Waals surface area contributed by atoms with Gasteiger partial charge in [0.15, 0.2) is 11.2 Å². The van der Waals surface area contributed by atoms with Crippen molar-refractivity contribution >= 4 is 5.78 Å². The van der Waals surface area contributed by atoms with Gasteiger partial charge in [-0.25, -0.2) is 0 Å². The molecule has 0 N–H and O–H groups in total. The summed E-state index contributed by atoms with van der Waals surface area (Å²) >= 11 is 0. The van der Waals surface area contributed by atoms with E-state index in [2.05, 4.69) is 6.07 Å². The molecule has 0 unspecified atom stereocenters. The molecule has 0 spiro atoms. The molecule has 0 bridgehead atoms. The minimum Gasteiger partial charge on any atom is -0.381 e. The number of hydrogen-bond acceptors (Lipinski definition) is 4. The summed E-state index contributed by atoms with van der Waals surface area (Å²) in [7, 11) is 0. The van der Waals surface area contributed by atoms with Crippen LogP contribution in [-0.4, -0.2) is 32.2 Å². The lowest BCUT2D eigenvalue weighted by atomic mass is 9.75. The van der Waals surface area contributed by atoms with E-state index in [1.54, 1.807) is 0 Å². The summed E-state index contributed by atoms with van der Waals surface area (Å²) in [5.41, 5.74) is -0.831. The van der Waals surface area contributed by atoms with Gasteiger partial charge in [0, 0.05) is 19.1 Å². The average Bonchev–Trinajstić information content (AvgIpc) is 2.18. The minimum atomic E-state index is -0.831. The Balaban J connectivity index is 2.03. The van der Waals surface area contributed by atoms with Crippen LogP contribution in [-0.2, 0) is 14.3 Å². The van der Waals surface area contributed by atoms with Crippen LogP contribution in [0.5, 0.6) is 0 Å². The van der Waals surface area contributed by atoms with E-state index in [-0.39, 0.29) is 24.9 Å². The fraction of sp³-hybridized carbons (Fsp3) is 0.800. The van der Waals surface area contributed by atoms with Gasteiger partial charge in [0.1, 0.15) is 0 Å². The summed E-state index contributed by atoms with van der Waals surface area (Å²) in [6, 6.07) is 2.10. The van der Waals surface area contributed by atoms with Gasteiger partial charge in [0.25, 0.3) is 0 Å². The predicted octanol–water partition coefficient (Wildman–Crippen LogP) is 0.522. The molecule has 0 aromatic heterocycles. The third kappa shape index (κ3) is 1.43. The highest BCUT2D eigenvalue weighted by Crippen LogP contribution is 2.33. The maximum atomic E-state index is 12.0. The highest BCUT2D eigenvalue weighted by molar-refractivity contribution is 5.90. The number of ether oxygens (including phenoxy) is 2. The zero-order valence-electron chi connectivity index (χ0n) is 7.99. The molecule has 76 valence electrons. The molecule has 2 saturated heterocycles. The zero-order chi connectivity index (χ0) is 10.0. The molecular formula is C10H13NO3. The predicted molar refractivity (Wildman–Crippen MR) is 47.4 cm³/mol. The van der Waals surface area contributed by atoms with Gasteiger partial charge in [-0.1, -0.05) is 0 Å². The van der Waals surface area contributed by atoms with E-state index >= 15 is 0 Å². The van der Waals surface area contributed by atoms with Crippen LogP contribution in [0.4, 0.5) is 0 Å². The highest BCUT2D eigenvalue weighted by Gasteiger charge is 2.48. The quantitative estimate of drug-likeness (QED) is 0.644. The number of carbonyl (C=O) groups excluding carboxylic acids is 1. The van der Waals surface area contributed by atoms with E-state index in [0.29, 0.717) is 13.2 Å². The van der Waals surface area contributed by atoms with Gasteiger partial charge in [-0.3, -0.25) is 4.79 Å². The van der Waals surface area contributed by atoms with Crippen LogP contribution in [0.15, 0.2) is 0 Å². The van der Waals surface area contributed by atoms with Gasteiger partial charge in [0.05, 0.1) is 19.3 Å². The van der Waals surface area contributed by atoms with E-state index in [9.17, 15) is 4.79 Å². The Morgan fingerprint density at radius 1 is 1.29 bits per heavy atom. The topological polar surface area (TPSA) is 59.3 Å². The van der Waals surface area contributed by atoms with Crippen LogP contribution in [0.1, 0.15) is 12.8 Å². The van der Waals surface area contributed by atoms with E-state index in [0.717, 1.165) is 12.8 Å². The normalized spacial score (nSPS) is 26.2. The maximum Gasteiger partial charge on any atom is 0.162 e. The molecule has 0 atom stereocenters. The Morgan fingerprint density at radius 3 is 2.36 bits per heavy atom. The fourth-order valence-electron chi connectivity index (χ4n) is 1.92. The highest BCUT2D eigenvalue weighted by atomic mass is 16.5. The van der Waals surface area contributed by atoms with Crippen LogP contribution in [0, 0.1) is 22.7 Å². The van der Waals surface area contributed by atoms with E-state index < -0.39 is 5.41 Å². The molecule has 0 radical (unpaired) electrons. The zero-order valence-corrected chi connectivity index (χ0v) is 7.99. The first-order valence-electron chi connectivity index (χ1n) is 4.89. The molecule has 0 aliphatic carbocycles. The van der Waals surface area contributed by atoms with Crippen LogP contribution in [0.25, 0.3) is 0 Å². The third-order valence-corrected chi connectivity index (χ3v) is 2.97. The molecule has 14 heavy (non-hydrogen) atoms. The Morgan fingerprint density at radius 2 is 1.93 bits per heavy atom. The second-order valence-electron chi connectivity index (χ2n) is 3.94. The van der Waals surface area contributed by atoms with Gasteiger partial charge in [-0.05, 0) is 12.8 Å². The average molecular weight is 195 g/mol. The summed E-state index contributed by atoms with van der Waals surface area (Å²) in [6.07, 6.45) is 1.50. The smallest absolute Gasteiger partial charge is 0.162 e. The Hall–Kier alpha value is -0.920. The first-order chi connectivity index (χ1) is 6.78. The fourth-order valence-corrected chi connectivity index (χ4v) is 1.92. The summed E-state index contributed by atoms with van der Waals surface area (Å²) in [4.78, 5) is 12.0. The second-order valence-corrected chi connectivity index (χ2v) is 3.94. The lowest BCUT2D eigenvalue weighted by Gasteiger charge is -2.37. The molecule has 0 saturated carbocycles. The first-order valence-corrected chi connectivity index (χ1v) is 4.89. The van der Waals surface area contributed by atoms with Crippen molar-refractivity contribution in [3.05, 3.63) is 0 Å². The molecule has 0 amide bonds. The molecule has 2 aliphatic rings. The lowest BCUT2D eigenvalue weighted by Crippen LogP contribution is -2.51. The van der Waals surface area contributed by atoms with Crippen molar-refractivity contribution in [3.8, 4) is 6.07 Å². The Bertz CT molecular complexity index is 272. The van der Waals surface area contributed by atoms with Crippen LogP contribution in [0.3, 0.4) is 0 Å². The molecule has 2 aliphatic heterocycles. The Kier molecular flexibility index (Phi) is 2.53. The summed E-state index contributed by atoms with van der Waals surface area (Å²) in [5.74, 6) is 0.0712. The molecule has 2 heterocycles. The molecule has 0 aromatic rings. The second kappa shape index (κ2) is 3.68. The summed E-state index contributed by atoms with van der Waals surface area (Å²) in [5, 5.41) is 8.96. The number of nitrogens with zero attached hydrogens (tertiary/aromatic N) is 1. The molecule has 2 rings (SSSR count). The maximum absolute atomic E-state index is 12.0. The van der Waals surface area contributed by atoms with Crippen molar-refractivity contribution < 1.29 is 14.3 Å². The number of hydrogen-bond donors (Lipinski definition) is 0. The number of rotatable bonds is 2. The van der Waals surface area contributed by atoms with Crippen LogP contribution < -0.4 is 0 Å². The van der Waals surface area contributed by atoms with Gasteiger partial charge in [-0.15, -0.1) is 0 Å². The standard InChI is InChI=1S/C10H13NO3/c11-5-10(6-14-7-10)9(12)8-1-3-13-4-2-8/h8H,1-4,6-7H2. The van der Waals surface area contributed by atoms with E-state index in [1.807, 2.05) is 0 Å². The number of ketones is 1. The van der Waals surface area contributed by atoms with Gasteiger partial charge in [0.2, 0.25) is 0 Å². The number of carbonyl (C=O) groups is 1. The molecule has 2 fully saturated rings. The van der Waals surface area contributed by atoms with Crippen molar-refractivity contribution in [1.82, 2.24) is 0 Å². The van der Waals surface area contributed by atoms with Gasteiger partial charge < -0.3 is 9.47 Å². The summed E-state index contributed by atoms with van der Waals surface area (Å²) in [6.45, 7) is 1.83. The van der Waals surface area contributed by atoms with Crippen LogP contribution in [0.2, 0.25) is 0 Å². The largest absolute Gasteiger partial charge is 0.381 e. The van der Waals surface area contributed by atoms with Crippen molar-refractivity contribution in [2.45, 2.75) is 12.8 Å². The summed E-state index contributed by atoms with van der Waals surface area (Å²) < 4.78 is 10.1. The monoisotopic (exact) mass is 195 g/mol. The van der Waals surface area contributed by atoms with E-state index in [4.69, 9.17) is 14.7 Å². The van der Waals surface area contributed by atoms with Gasteiger partial charge >= 0.3 is 0 Å². The minimum absolute atomic E-state index is 0.00676. The first kappa shape index (κ1) is 9.63. The van der Waals surface area contributed by atoms with Crippen molar-refractivity contribution in [2.24, 2.45) is 11.3 Å². The van der Waals surface area contributed by atoms with Crippen molar-refractivity contribution in [3.63, 3.8) is 0 Å². The molecule has 0 aromatic carbocycles.